The normalized spacial score (nSPS) is 46.6. The second kappa shape index (κ2) is 9.50. The van der Waals surface area contributed by atoms with Crippen LogP contribution in [0.5, 0.6) is 0 Å². The van der Waals surface area contributed by atoms with Gasteiger partial charge in [0.25, 0.3) is 0 Å². The van der Waals surface area contributed by atoms with E-state index in [4.69, 9.17) is 23.4 Å². The smallest absolute Gasteiger partial charge is 0.161 e. The molecule has 2 saturated carbocycles. The van der Waals surface area contributed by atoms with Crippen molar-refractivity contribution in [3.63, 3.8) is 0 Å². The van der Waals surface area contributed by atoms with Gasteiger partial charge in [0.15, 0.2) is 5.71 Å². The van der Waals surface area contributed by atoms with Crippen LogP contribution in [0.3, 0.4) is 0 Å². The van der Waals surface area contributed by atoms with Crippen molar-refractivity contribution in [3.05, 3.63) is 0 Å². The number of ether oxygens (including phenoxy) is 1. The van der Waals surface area contributed by atoms with E-state index in [1.165, 1.54) is 90.4 Å². The molecule has 35 heavy (non-hydrogen) atoms. The quantitative estimate of drug-likeness (QED) is 0.382. The van der Waals surface area contributed by atoms with Gasteiger partial charge in [-0.1, -0.05) is 0 Å². The number of nitriles is 1. The largest absolute Gasteiger partial charge is 0.373 e. The van der Waals surface area contributed by atoms with Crippen LogP contribution in [0.2, 0.25) is 0 Å². The van der Waals surface area contributed by atoms with Gasteiger partial charge in [-0.05, 0) is 70.4 Å². The van der Waals surface area contributed by atoms with Gasteiger partial charge in [-0.2, -0.15) is 5.26 Å². The Hall–Kier alpha value is -0.790. The summed E-state index contributed by atoms with van der Waals surface area (Å²) in [5, 5.41) is 10.5. The van der Waals surface area contributed by atoms with Gasteiger partial charge in [0.2, 0.25) is 0 Å². The van der Waals surface area contributed by atoms with Crippen molar-refractivity contribution in [1.82, 2.24) is 4.90 Å². The average Bonchev–Trinajstić information content (AvgIpc) is 2.83. The van der Waals surface area contributed by atoms with Crippen LogP contribution >= 0.6 is 0 Å². The van der Waals surface area contributed by atoms with Gasteiger partial charge < -0.3 is 4.74 Å². The first-order chi connectivity index (χ1) is 16.8. The molecule has 0 aromatic rings. The molecule has 8 nitrogen and oxygen atoms in total. The molecule has 0 aromatic heterocycles. The Morgan fingerprint density at radius 1 is 0.857 bits per heavy atom. The standard InChI is InChI=1S/C26H38N3O.ClHO4/c27-15-22-20-13-16-5-1-9-28-11-3-7-18(23(16)28)25(20)30-26-19-8-4-12-29-10-2-6-17(24(19)29)14-21(22)26;2-1(3,4)5/h16-23,25-26H,1-14H2;(H,2,3,4,5)/q+1;/p-1. The van der Waals surface area contributed by atoms with E-state index in [9.17, 15) is 5.26 Å². The van der Waals surface area contributed by atoms with Crippen LogP contribution < -0.4 is 18.6 Å². The fraction of sp³-hybridized carbons (Fsp3) is 0.923. The van der Waals surface area contributed by atoms with E-state index in [0.29, 0.717) is 35.9 Å². The molecule has 7 aliphatic rings. The molecule has 2 aliphatic carbocycles. The molecular formula is C26H38ClN3O5. The third kappa shape index (κ3) is 4.46. The van der Waals surface area contributed by atoms with Crippen molar-refractivity contribution in [2.75, 3.05) is 26.2 Å². The number of hydrogen-bond acceptors (Lipinski definition) is 7. The van der Waals surface area contributed by atoms with Crippen LogP contribution in [0.15, 0.2) is 0 Å². The highest BCUT2D eigenvalue weighted by Crippen LogP contribution is 2.56. The minimum atomic E-state index is -4.94. The zero-order valence-corrected chi connectivity index (χ0v) is 21.2. The Morgan fingerprint density at radius 3 is 2.29 bits per heavy atom. The first-order valence-corrected chi connectivity index (χ1v) is 15.1. The lowest BCUT2D eigenvalue weighted by atomic mass is 9.54. The third-order valence-electron chi connectivity index (χ3n) is 10.6. The Balaban J connectivity index is 0.000000419. The lowest BCUT2D eigenvalue weighted by Gasteiger charge is -2.61. The van der Waals surface area contributed by atoms with Crippen molar-refractivity contribution in [1.29, 1.82) is 5.26 Å². The Kier molecular flexibility index (Phi) is 6.66. The van der Waals surface area contributed by atoms with Gasteiger partial charge in [0.1, 0.15) is 13.1 Å². The van der Waals surface area contributed by atoms with Crippen LogP contribution in [0.1, 0.15) is 64.2 Å². The minimum Gasteiger partial charge on any atom is -0.373 e. The molecule has 0 amide bonds. The number of hydrogen-bond donors (Lipinski definition) is 0. The maximum Gasteiger partial charge on any atom is 0.161 e. The molecule has 7 rings (SSSR count). The lowest BCUT2D eigenvalue weighted by Crippen LogP contribution is -2.68. The van der Waals surface area contributed by atoms with E-state index in [1.54, 1.807) is 5.71 Å². The molecule has 0 radical (unpaired) electrons. The van der Waals surface area contributed by atoms with E-state index < -0.39 is 10.2 Å². The fourth-order valence-electron chi connectivity index (χ4n) is 9.79. The third-order valence-corrected chi connectivity index (χ3v) is 10.6. The lowest BCUT2D eigenvalue weighted by molar-refractivity contribution is -2.00. The number of fused-ring (bicyclic) bond motifs is 4. The number of nitrogens with zero attached hydrogens (tertiary/aromatic N) is 3. The van der Waals surface area contributed by atoms with Crippen LogP contribution in [0.25, 0.3) is 0 Å². The Labute approximate surface area is 210 Å². The number of rotatable bonds is 0. The van der Waals surface area contributed by atoms with Gasteiger partial charge in [-0.3, -0.25) is 4.90 Å². The van der Waals surface area contributed by atoms with Crippen LogP contribution in [0, 0.1) is 63.0 Å². The Bertz CT molecular complexity index is 875. The molecule has 0 aromatic carbocycles. The maximum atomic E-state index is 10.5. The van der Waals surface area contributed by atoms with Gasteiger partial charge in [-0.25, -0.2) is 23.2 Å². The van der Waals surface area contributed by atoms with E-state index in [1.807, 2.05) is 0 Å². The summed E-state index contributed by atoms with van der Waals surface area (Å²) in [6, 6.07) is 3.68. The molecule has 0 spiro atoms. The predicted octanol–water partition coefficient (Wildman–Crippen LogP) is -1.06. The van der Waals surface area contributed by atoms with E-state index in [2.05, 4.69) is 15.5 Å². The zero-order valence-electron chi connectivity index (χ0n) is 20.4. The van der Waals surface area contributed by atoms with Crippen LogP contribution in [-0.2, 0) is 4.74 Å². The maximum absolute atomic E-state index is 10.5. The highest BCUT2D eigenvalue weighted by Gasteiger charge is 2.61. The summed E-state index contributed by atoms with van der Waals surface area (Å²) < 4.78 is 44.0. The molecule has 10 unspecified atom stereocenters. The number of piperidine rings is 2. The summed E-state index contributed by atoms with van der Waals surface area (Å²) in [4.78, 5) is 2.82. The molecule has 0 bridgehead atoms. The highest BCUT2D eigenvalue weighted by atomic mass is 35.7. The van der Waals surface area contributed by atoms with E-state index in [-0.39, 0.29) is 5.92 Å². The fourth-order valence-corrected chi connectivity index (χ4v) is 9.79. The molecule has 9 heteroatoms. The second-order valence-electron chi connectivity index (χ2n) is 12.1. The zero-order chi connectivity index (χ0) is 24.3. The molecule has 194 valence electrons. The topological polar surface area (TPSA) is 132 Å². The molecule has 5 aliphatic heterocycles. The van der Waals surface area contributed by atoms with E-state index >= 15 is 0 Å². The van der Waals surface area contributed by atoms with Gasteiger partial charge in [0.05, 0.1) is 30.1 Å². The molecule has 0 N–H and O–H groups in total. The predicted molar refractivity (Wildman–Crippen MR) is 115 cm³/mol. The van der Waals surface area contributed by atoms with Crippen molar-refractivity contribution in [2.45, 2.75) is 82.5 Å². The highest BCUT2D eigenvalue weighted by molar-refractivity contribution is 5.86. The van der Waals surface area contributed by atoms with Crippen molar-refractivity contribution < 1.29 is 38.2 Å². The first kappa shape index (κ1) is 24.5. The molecule has 5 fully saturated rings. The molecular weight excluding hydrogens is 470 g/mol. The van der Waals surface area contributed by atoms with Crippen molar-refractivity contribution in [3.8, 4) is 6.07 Å². The Morgan fingerprint density at radius 2 is 1.54 bits per heavy atom. The SMILES string of the molecule is N#CC1C2CC3CCC[N+]4=C3C(CCC4)C2OC2C1CC1CCCN3CCCC2C13.[O-][Cl+3]([O-])([O-])[O-]. The summed E-state index contributed by atoms with van der Waals surface area (Å²) in [6.07, 6.45) is 14.0. The molecule has 5 heterocycles. The monoisotopic (exact) mass is 507 g/mol. The molecule has 3 saturated heterocycles. The van der Waals surface area contributed by atoms with Crippen molar-refractivity contribution in [2.24, 2.45) is 41.4 Å². The van der Waals surface area contributed by atoms with Gasteiger partial charge >= 0.3 is 0 Å². The summed E-state index contributed by atoms with van der Waals surface area (Å²) in [6.45, 7) is 5.16. The first-order valence-electron chi connectivity index (χ1n) is 13.9. The molecule has 10 atom stereocenters. The average molecular weight is 508 g/mol. The van der Waals surface area contributed by atoms with Gasteiger partial charge in [0, 0.05) is 42.6 Å². The number of halogens is 1. The van der Waals surface area contributed by atoms with Crippen LogP contribution in [0.4, 0.5) is 0 Å². The summed E-state index contributed by atoms with van der Waals surface area (Å²) in [7, 11) is -4.94. The van der Waals surface area contributed by atoms with Crippen LogP contribution in [-0.4, -0.2) is 59.6 Å². The van der Waals surface area contributed by atoms with Crippen molar-refractivity contribution >= 4 is 5.71 Å². The minimum absolute atomic E-state index is 0.242. The summed E-state index contributed by atoms with van der Waals surface area (Å²) >= 11 is 0. The van der Waals surface area contributed by atoms with Gasteiger partial charge in [-0.15, -0.1) is 10.2 Å². The summed E-state index contributed by atoms with van der Waals surface area (Å²) in [5.41, 5.74) is 1.76. The van der Waals surface area contributed by atoms with E-state index in [0.717, 1.165) is 17.9 Å². The summed E-state index contributed by atoms with van der Waals surface area (Å²) in [5.74, 6) is 4.12. The second-order valence-corrected chi connectivity index (χ2v) is 12.9.